The monoisotopic (exact) mass is 267 g/mol. The molecule has 1 unspecified atom stereocenters. The highest BCUT2D eigenvalue weighted by Gasteiger charge is 2.09. The van der Waals surface area contributed by atoms with Crippen LogP contribution in [-0.4, -0.2) is 6.54 Å². The van der Waals surface area contributed by atoms with Crippen molar-refractivity contribution in [1.82, 2.24) is 0 Å². The molecule has 0 aromatic heterocycles. The fourth-order valence-corrected chi connectivity index (χ4v) is 2.56. The van der Waals surface area contributed by atoms with Crippen LogP contribution in [0.4, 0.5) is 0 Å². The highest BCUT2D eigenvalue weighted by atomic mass is 14.5. The predicted octanol–water partition coefficient (Wildman–Crippen LogP) is 3.97. The summed E-state index contributed by atoms with van der Waals surface area (Å²) in [4.78, 5) is 0. The van der Waals surface area contributed by atoms with Crippen LogP contribution < -0.4 is 5.73 Å². The van der Waals surface area contributed by atoms with Gasteiger partial charge >= 0.3 is 0 Å². The van der Waals surface area contributed by atoms with E-state index in [1.165, 1.54) is 27.8 Å². The highest BCUT2D eigenvalue weighted by molar-refractivity contribution is 5.30. The van der Waals surface area contributed by atoms with E-state index in [0.29, 0.717) is 5.92 Å². The Balaban J connectivity index is 2.04. The number of hydrogen-bond donors (Lipinski definition) is 1. The molecule has 0 aliphatic rings. The van der Waals surface area contributed by atoms with Gasteiger partial charge in [0.05, 0.1) is 0 Å². The predicted molar refractivity (Wildman–Crippen MR) is 87.0 cm³/mol. The topological polar surface area (TPSA) is 26.0 Å². The van der Waals surface area contributed by atoms with E-state index in [9.17, 15) is 0 Å². The molecule has 1 atom stereocenters. The smallest absolute Gasteiger partial charge is 0.00425 e. The third-order valence-corrected chi connectivity index (χ3v) is 4.07. The van der Waals surface area contributed by atoms with Crippen LogP contribution in [0.3, 0.4) is 0 Å². The summed E-state index contributed by atoms with van der Waals surface area (Å²) in [5, 5.41) is 0. The Bertz CT molecular complexity index is 554. The van der Waals surface area contributed by atoms with E-state index < -0.39 is 0 Å². The second-order valence-corrected chi connectivity index (χ2v) is 5.91. The van der Waals surface area contributed by atoms with Crippen LogP contribution in [0.1, 0.15) is 27.8 Å². The van der Waals surface area contributed by atoms with Gasteiger partial charge in [-0.1, -0.05) is 48.0 Å². The summed E-state index contributed by atoms with van der Waals surface area (Å²) < 4.78 is 0. The van der Waals surface area contributed by atoms with Gasteiger partial charge in [0.1, 0.15) is 0 Å². The minimum atomic E-state index is 0.514. The molecule has 20 heavy (non-hydrogen) atoms. The maximum absolute atomic E-state index is 5.97. The van der Waals surface area contributed by atoms with Crippen LogP contribution in [0.25, 0.3) is 0 Å². The minimum absolute atomic E-state index is 0.514. The summed E-state index contributed by atoms with van der Waals surface area (Å²) in [6.45, 7) is 7.20. The average molecular weight is 267 g/mol. The van der Waals surface area contributed by atoms with Gasteiger partial charge < -0.3 is 5.73 Å². The van der Waals surface area contributed by atoms with Crippen LogP contribution in [0, 0.1) is 26.7 Å². The Hall–Kier alpha value is -1.60. The van der Waals surface area contributed by atoms with Gasteiger partial charge in [-0.3, -0.25) is 0 Å². The van der Waals surface area contributed by atoms with Crippen molar-refractivity contribution in [3.05, 3.63) is 70.3 Å². The lowest BCUT2D eigenvalue weighted by atomic mass is 9.91. The van der Waals surface area contributed by atoms with Crippen molar-refractivity contribution in [2.75, 3.05) is 6.54 Å². The number of benzene rings is 2. The maximum Gasteiger partial charge on any atom is -0.00425 e. The molecule has 0 aliphatic carbocycles. The molecule has 0 bridgehead atoms. The van der Waals surface area contributed by atoms with Crippen molar-refractivity contribution >= 4 is 0 Å². The van der Waals surface area contributed by atoms with Crippen LogP contribution in [-0.2, 0) is 12.8 Å². The molecule has 2 N–H and O–H groups in total. The van der Waals surface area contributed by atoms with Crippen molar-refractivity contribution in [3.8, 4) is 0 Å². The molecule has 1 heteroatoms. The molecular formula is C19H25N. The first-order chi connectivity index (χ1) is 9.58. The molecule has 0 amide bonds. The molecule has 2 aromatic carbocycles. The fourth-order valence-electron chi connectivity index (χ4n) is 2.56. The van der Waals surface area contributed by atoms with E-state index >= 15 is 0 Å². The van der Waals surface area contributed by atoms with Gasteiger partial charge in [-0.25, -0.2) is 0 Å². The standard InChI is InChI=1S/C19H25N/c1-14-4-7-17(8-5-14)11-19(13-20)12-18-9-6-15(2)16(3)10-18/h4-10,19H,11-13,20H2,1-3H3. The minimum Gasteiger partial charge on any atom is -0.330 e. The maximum atomic E-state index is 5.97. The van der Waals surface area contributed by atoms with Gasteiger partial charge in [0.25, 0.3) is 0 Å². The summed E-state index contributed by atoms with van der Waals surface area (Å²) in [5.41, 5.74) is 12.8. The first-order valence-electron chi connectivity index (χ1n) is 7.40. The third-order valence-electron chi connectivity index (χ3n) is 4.07. The van der Waals surface area contributed by atoms with Gasteiger partial charge in [0, 0.05) is 0 Å². The van der Waals surface area contributed by atoms with Crippen LogP contribution >= 0.6 is 0 Å². The number of rotatable bonds is 5. The first-order valence-corrected chi connectivity index (χ1v) is 7.40. The molecule has 2 rings (SSSR count). The van der Waals surface area contributed by atoms with Crippen molar-refractivity contribution in [1.29, 1.82) is 0 Å². The van der Waals surface area contributed by atoms with E-state index in [0.717, 1.165) is 19.4 Å². The van der Waals surface area contributed by atoms with Crippen molar-refractivity contribution in [2.45, 2.75) is 33.6 Å². The Morgan fingerprint density at radius 2 is 1.40 bits per heavy atom. The fraction of sp³-hybridized carbons (Fsp3) is 0.368. The SMILES string of the molecule is Cc1ccc(CC(CN)Cc2ccc(C)c(C)c2)cc1. The van der Waals surface area contributed by atoms with E-state index in [1.54, 1.807) is 0 Å². The molecule has 0 aliphatic heterocycles. The lowest BCUT2D eigenvalue weighted by Crippen LogP contribution is -2.19. The Morgan fingerprint density at radius 1 is 0.800 bits per heavy atom. The molecule has 1 nitrogen and oxygen atoms in total. The molecule has 0 saturated heterocycles. The zero-order chi connectivity index (χ0) is 14.5. The molecule has 0 spiro atoms. The summed E-state index contributed by atoms with van der Waals surface area (Å²) in [6, 6.07) is 15.5. The number of hydrogen-bond acceptors (Lipinski definition) is 1. The average Bonchev–Trinajstić information content (AvgIpc) is 2.44. The summed E-state index contributed by atoms with van der Waals surface area (Å²) in [6.07, 6.45) is 2.12. The largest absolute Gasteiger partial charge is 0.330 e. The van der Waals surface area contributed by atoms with Gasteiger partial charge in [-0.2, -0.15) is 0 Å². The Morgan fingerprint density at radius 3 is 2.00 bits per heavy atom. The molecule has 0 radical (unpaired) electrons. The van der Waals surface area contributed by atoms with Gasteiger partial charge in [0.15, 0.2) is 0 Å². The number of aryl methyl sites for hydroxylation is 3. The quantitative estimate of drug-likeness (QED) is 0.871. The third kappa shape index (κ3) is 3.94. The second-order valence-electron chi connectivity index (χ2n) is 5.91. The summed E-state index contributed by atoms with van der Waals surface area (Å²) in [5.74, 6) is 0.514. The van der Waals surface area contributed by atoms with E-state index in [1.807, 2.05) is 0 Å². The molecule has 0 heterocycles. The molecule has 0 saturated carbocycles. The van der Waals surface area contributed by atoms with Crippen molar-refractivity contribution < 1.29 is 0 Å². The Kier molecular flexibility index (Phi) is 4.97. The highest BCUT2D eigenvalue weighted by Crippen LogP contribution is 2.17. The van der Waals surface area contributed by atoms with Crippen molar-refractivity contribution in [3.63, 3.8) is 0 Å². The first kappa shape index (κ1) is 14.8. The van der Waals surface area contributed by atoms with E-state index in [2.05, 4.69) is 63.2 Å². The number of nitrogens with two attached hydrogens (primary N) is 1. The molecule has 2 aromatic rings. The lowest BCUT2D eigenvalue weighted by molar-refractivity contribution is 0.533. The van der Waals surface area contributed by atoms with E-state index in [-0.39, 0.29) is 0 Å². The lowest BCUT2D eigenvalue weighted by Gasteiger charge is -2.16. The van der Waals surface area contributed by atoms with Crippen molar-refractivity contribution in [2.24, 2.45) is 11.7 Å². The van der Waals surface area contributed by atoms with E-state index in [4.69, 9.17) is 5.73 Å². The molecule has 0 fully saturated rings. The van der Waals surface area contributed by atoms with Crippen LogP contribution in [0.15, 0.2) is 42.5 Å². The van der Waals surface area contributed by atoms with Gasteiger partial charge in [-0.05, 0) is 68.3 Å². The summed E-state index contributed by atoms with van der Waals surface area (Å²) >= 11 is 0. The summed E-state index contributed by atoms with van der Waals surface area (Å²) in [7, 11) is 0. The zero-order valence-corrected chi connectivity index (χ0v) is 12.8. The Labute approximate surface area is 122 Å². The zero-order valence-electron chi connectivity index (χ0n) is 12.8. The molecule has 106 valence electrons. The van der Waals surface area contributed by atoms with Gasteiger partial charge in [0.2, 0.25) is 0 Å². The van der Waals surface area contributed by atoms with Crippen LogP contribution in [0.2, 0.25) is 0 Å². The molecular weight excluding hydrogens is 242 g/mol. The normalized spacial score (nSPS) is 12.4. The van der Waals surface area contributed by atoms with Gasteiger partial charge in [-0.15, -0.1) is 0 Å². The second kappa shape index (κ2) is 6.71. The van der Waals surface area contributed by atoms with Crippen LogP contribution in [0.5, 0.6) is 0 Å².